The summed E-state index contributed by atoms with van der Waals surface area (Å²) in [4.78, 5) is 22.9. The summed E-state index contributed by atoms with van der Waals surface area (Å²) >= 11 is 0. The molecule has 1 amide bonds. The Hall–Kier alpha value is -2.04. The van der Waals surface area contributed by atoms with Gasteiger partial charge < -0.3 is 16.2 Å². The third-order valence-electron chi connectivity index (χ3n) is 3.10. The molecule has 5 heteroatoms. The van der Waals surface area contributed by atoms with Crippen LogP contribution in [0.5, 0.6) is 0 Å². The number of hydrogen-bond acceptors (Lipinski definition) is 3. The number of carboxylic acids is 1. The van der Waals surface area contributed by atoms with E-state index in [0.29, 0.717) is 11.3 Å². The second-order valence-electron chi connectivity index (χ2n) is 3.89. The van der Waals surface area contributed by atoms with Gasteiger partial charge in [-0.15, -0.1) is 0 Å². The molecule has 0 spiro atoms. The van der Waals surface area contributed by atoms with Crippen molar-refractivity contribution in [2.45, 2.75) is 18.4 Å². The van der Waals surface area contributed by atoms with E-state index >= 15 is 0 Å². The maximum atomic E-state index is 11.5. The van der Waals surface area contributed by atoms with Crippen LogP contribution in [-0.2, 0) is 15.0 Å². The molecule has 2 atom stereocenters. The molecule has 0 saturated carbocycles. The summed E-state index contributed by atoms with van der Waals surface area (Å²) in [5.41, 5.74) is 4.69. The number of nitrogens with two attached hydrogens (primary N) is 1. The van der Waals surface area contributed by atoms with Gasteiger partial charge in [-0.25, -0.2) is 0 Å². The zero-order valence-corrected chi connectivity index (χ0v) is 8.73. The fourth-order valence-corrected chi connectivity index (χ4v) is 2.28. The number of nitrogens with one attached hydrogen (secondary N) is 1. The third kappa shape index (κ3) is 1.05. The summed E-state index contributed by atoms with van der Waals surface area (Å²) in [6.45, 7) is 1.64. The van der Waals surface area contributed by atoms with Crippen molar-refractivity contribution < 1.29 is 14.7 Å². The van der Waals surface area contributed by atoms with Gasteiger partial charge in [0.15, 0.2) is 5.41 Å². The molecule has 1 heterocycles. The molecule has 2 rings (SSSR count). The predicted octanol–water partition coefficient (Wildman–Crippen LogP) is 0.308. The minimum absolute atomic E-state index is 0.433. The number of carbonyl (C=O) groups excluding carboxylic acids is 1. The molecular formula is C11H12N2O3. The molecule has 0 bridgehead atoms. The molecule has 0 saturated heterocycles. The number of amides is 1. The first kappa shape index (κ1) is 10.5. The first-order chi connectivity index (χ1) is 7.51. The minimum Gasteiger partial charge on any atom is -0.480 e. The average Bonchev–Trinajstić information content (AvgIpc) is 2.50. The number of para-hydroxylation sites is 1. The van der Waals surface area contributed by atoms with Crippen LogP contribution >= 0.6 is 0 Å². The predicted molar refractivity (Wildman–Crippen MR) is 58.0 cm³/mol. The van der Waals surface area contributed by atoms with Gasteiger partial charge in [-0.3, -0.25) is 9.59 Å². The number of rotatable bonds is 2. The van der Waals surface area contributed by atoms with Crippen LogP contribution in [0.25, 0.3) is 0 Å². The lowest BCUT2D eigenvalue weighted by Crippen LogP contribution is -2.54. The van der Waals surface area contributed by atoms with E-state index in [9.17, 15) is 14.7 Å². The molecule has 0 aliphatic carbocycles. The van der Waals surface area contributed by atoms with Gasteiger partial charge in [-0.2, -0.15) is 0 Å². The number of aliphatic carboxylic acids is 1. The topological polar surface area (TPSA) is 92.4 Å². The molecule has 1 aromatic rings. The molecule has 16 heavy (non-hydrogen) atoms. The summed E-state index contributed by atoms with van der Waals surface area (Å²) < 4.78 is 0. The van der Waals surface area contributed by atoms with Crippen molar-refractivity contribution in [3.63, 3.8) is 0 Å². The van der Waals surface area contributed by atoms with Gasteiger partial charge in [0.2, 0.25) is 5.91 Å². The molecule has 1 aliphatic heterocycles. The summed E-state index contributed by atoms with van der Waals surface area (Å²) in [5, 5.41) is 12.3. The van der Waals surface area contributed by atoms with E-state index in [-0.39, 0.29) is 0 Å². The monoisotopic (exact) mass is 220 g/mol. The smallest absolute Gasteiger partial charge is 0.326 e. The van der Waals surface area contributed by atoms with E-state index in [1.165, 1.54) is 0 Å². The van der Waals surface area contributed by atoms with Gasteiger partial charge in [0, 0.05) is 11.3 Å². The van der Waals surface area contributed by atoms with Crippen LogP contribution in [-0.4, -0.2) is 23.0 Å². The van der Waals surface area contributed by atoms with Gasteiger partial charge in [0.1, 0.15) is 0 Å². The fraction of sp³-hybridized carbons (Fsp3) is 0.273. The highest BCUT2D eigenvalue weighted by Gasteiger charge is 2.56. The van der Waals surface area contributed by atoms with Crippen molar-refractivity contribution in [2.24, 2.45) is 5.73 Å². The van der Waals surface area contributed by atoms with Crippen LogP contribution < -0.4 is 11.1 Å². The fourth-order valence-electron chi connectivity index (χ4n) is 2.28. The molecule has 0 aromatic heterocycles. The van der Waals surface area contributed by atoms with E-state index < -0.39 is 23.3 Å². The number of carboxylic acid groups (broad SMARTS) is 1. The Labute approximate surface area is 92.3 Å². The second-order valence-corrected chi connectivity index (χ2v) is 3.89. The average molecular weight is 220 g/mol. The molecule has 0 radical (unpaired) electrons. The zero-order valence-electron chi connectivity index (χ0n) is 8.73. The lowest BCUT2D eigenvalue weighted by atomic mass is 9.76. The van der Waals surface area contributed by atoms with E-state index in [1.807, 2.05) is 0 Å². The van der Waals surface area contributed by atoms with E-state index in [1.54, 1.807) is 31.2 Å². The summed E-state index contributed by atoms with van der Waals surface area (Å²) in [6, 6.07) is 6.26. The van der Waals surface area contributed by atoms with Crippen LogP contribution in [0.1, 0.15) is 12.5 Å². The number of fused-ring (bicyclic) bond motifs is 1. The van der Waals surface area contributed by atoms with Crippen LogP contribution in [0.2, 0.25) is 0 Å². The summed E-state index contributed by atoms with van der Waals surface area (Å²) in [7, 11) is 0. The van der Waals surface area contributed by atoms with Crippen LogP contribution in [0.15, 0.2) is 24.3 Å². The largest absolute Gasteiger partial charge is 0.480 e. The number of primary amides is 1. The van der Waals surface area contributed by atoms with Crippen LogP contribution in [0, 0.1) is 0 Å². The molecule has 1 aromatic carbocycles. The van der Waals surface area contributed by atoms with Gasteiger partial charge >= 0.3 is 5.97 Å². The van der Waals surface area contributed by atoms with Gasteiger partial charge in [-0.05, 0) is 13.0 Å². The Kier molecular flexibility index (Phi) is 2.11. The Morgan fingerprint density at radius 2 is 2.06 bits per heavy atom. The maximum absolute atomic E-state index is 11.5. The van der Waals surface area contributed by atoms with Crippen LogP contribution in [0.4, 0.5) is 5.69 Å². The Bertz CT molecular complexity index is 456. The van der Waals surface area contributed by atoms with Gasteiger partial charge in [0.25, 0.3) is 0 Å². The lowest BCUT2D eigenvalue weighted by molar-refractivity contribution is -0.148. The molecule has 84 valence electrons. The van der Waals surface area contributed by atoms with E-state index in [2.05, 4.69) is 5.32 Å². The highest BCUT2D eigenvalue weighted by Crippen LogP contribution is 2.41. The molecule has 2 unspecified atom stereocenters. The first-order valence-corrected chi connectivity index (χ1v) is 4.90. The van der Waals surface area contributed by atoms with Crippen LogP contribution in [0.3, 0.4) is 0 Å². The summed E-state index contributed by atoms with van der Waals surface area (Å²) in [6.07, 6.45) is 0. The van der Waals surface area contributed by atoms with E-state index in [0.717, 1.165) is 0 Å². The minimum atomic E-state index is -1.67. The Balaban J connectivity index is 2.71. The number of anilines is 1. The van der Waals surface area contributed by atoms with Crippen molar-refractivity contribution in [1.29, 1.82) is 0 Å². The Morgan fingerprint density at radius 3 is 2.62 bits per heavy atom. The van der Waals surface area contributed by atoms with Crippen molar-refractivity contribution in [1.82, 2.24) is 0 Å². The summed E-state index contributed by atoms with van der Waals surface area (Å²) in [5.74, 6) is -2.06. The zero-order chi connectivity index (χ0) is 11.9. The van der Waals surface area contributed by atoms with Crippen molar-refractivity contribution in [3.8, 4) is 0 Å². The Morgan fingerprint density at radius 1 is 1.44 bits per heavy atom. The van der Waals surface area contributed by atoms with Crippen molar-refractivity contribution in [3.05, 3.63) is 29.8 Å². The van der Waals surface area contributed by atoms with Crippen molar-refractivity contribution >= 4 is 17.6 Å². The van der Waals surface area contributed by atoms with Gasteiger partial charge in [0.05, 0.1) is 6.04 Å². The molecule has 1 aliphatic rings. The molecular weight excluding hydrogens is 208 g/mol. The highest BCUT2D eigenvalue weighted by atomic mass is 16.4. The number of hydrogen-bond donors (Lipinski definition) is 3. The normalized spacial score (nSPS) is 26.9. The lowest BCUT2D eigenvalue weighted by Gasteiger charge is -2.25. The maximum Gasteiger partial charge on any atom is 0.326 e. The highest BCUT2D eigenvalue weighted by molar-refractivity contribution is 6.11. The molecule has 0 fully saturated rings. The SMILES string of the molecule is CC1Nc2ccccc2C1(C(N)=O)C(=O)O. The molecule has 5 nitrogen and oxygen atoms in total. The van der Waals surface area contributed by atoms with Gasteiger partial charge in [-0.1, -0.05) is 18.2 Å². The van der Waals surface area contributed by atoms with E-state index in [4.69, 9.17) is 5.73 Å². The number of benzene rings is 1. The van der Waals surface area contributed by atoms with Crippen molar-refractivity contribution in [2.75, 3.05) is 5.32 Å². The quantitative estimate of drug-likeness (QED) is 0.625. The standard InChI is InChI=1S/C11H12N2O3/c1-6-11(9(12)14,10(15)16)7-4-2-3-5-8(7)13-6/h2-6,13H,1H3,(H2,12,14)(H,15,16). The molecule has 4 N–H and O–H groups in total. The third-order valence-corrected chi connectivity index (χ3v) is 3.10. The second kappa shape index (κ2) is 3.23. The first-order valence-electron chi connectivity index (χ1n) is 4.90. The number of carbonyl (C=O) groups is 2.